The molecule has 2 amide bonds. The molecule has 7 nitrogen and oxygen atoms in total. The Labute approximate surface area is 164 Å². The Balaban J connectivity index is 1.43. The molecule has 1 aliphatic rings. The number of carbonyl (C=O) groups is 2. The van der Waals surface area contributed by atoms with Gasteiger partial charge < -0.3 is 15.4 Å². The van der Waals surface area contributed by atoms with Crippen molar-refractivity contribution in [2.75, 3.05) is 11.9 Å². The summed E-state index contributed by atoms with van der Waals surface area (Å²) in [5, 5.41) is 8.91. The van der Waals surface area contributed by atoms with Gasteiger partial charge in [-0.2, -0.15) is 9.78 Å². The SMILES string of the molecule is O=C1Nc2c(F)cccc2OCC1NC(=O)n1cc(Cc2cccc(F)c2)cn1. The maximum absolute atomic E-state index is 13.9. The molecule has 2 aromatic carbocycles. The number of hydrogen-bond donors (Lipinski definition) is 2. The Morgan fingerprint density at radius 3 is 2.90 bits per heavy atom. The Morgan fingerprint density at radius 2 is 2.07 bits per heavy atom. The van der Waals surface area contributed by atoms with Gasteiger partial charge in [0, 0.05) is 12.6 Å². The van der Waals surface area contributed by atoms with Crippen molar-refractivity contribution in [1.82, 2.24) is 15.1 Å². The number of ether oxygens (including phenoxy) is 1. The molecule has 4 rings (SSSR count). The van der Waals surface area contributed by atoms with Gasteiger partial charge in [0.05, 0.1) is 6.20 Å². The van der Waals surface area contributed by atoms with Crippen LogP contribution in [0.15, 0.2) is 54.9 Å². The first-order valence-corrected chi connectivity index (χ1v) is 8.80. The third kappa shape index (κ3) is 4.08. The van der Waals surface area contributed by atoms with Crippen molar-refractivity contribution >= 4 is 17.6 Å². The summed E-state index contributed by atoms with van der Waals surface area (Å²) in [6, 6.07) is 8.63. The van der Waals surface area contributed by atoms with Crippen LogP contribution >= 0.6 is 0 Å². The maximum Gasteiger partial charge on any atom is 0.342 e. The summed E-state index contributed by atoms with van der Waals surface area (Å²) in [5.41, 5.74) is 1.37. The third-order valence-corrected chi connectivity index (χ3v) is 4.38. The summed E-state index contributed by atoms with van der Waals surface area (Å²) in [6.07, 6.45) is 3.37. The number of fused-ring (bicyclic) bond motifs is 1. The van der Waals surface area contributed by atoms with Gasteiger partial charge in [0.15, 0.2) is 5.82 Å². The molecule has 2 heterocycles. The minimum absolute atomic E-state index is 0.0642. The van der Waals surface area contributed by atoms with E-state index in [1.807, 2.05) is 0 Å². The fraction of sp³-hybridized carbons (Fsp3) is 0.150. The van der Waals surface area contributed by atoms with Gasteiger partial charge in [0.25, 0.3) is 5.91 Å². The third-order valence-electron chi connectivity index (χ3n) is 4.38. The average molecular weight is 398 g/mol. The van der Waals surface area contributed by atoms with Crippen LogP contribution < -0.4 is 15.4 Å². The molecular weight excluding hydrogens is 382 g/mol. The highest BCUT2D eigenvalue weighted by Crippen LogP contribution is 2.29. The van der Waals surface area contributed by atoms with Crippen molar-refractivity contribution in [3.05, 3.63) is 77.6 Å². The molecule has 0 spiro atoms. The van der Waals surface area contributed by atoms with E-state index < -0.39 is 23.8 Å². The van der Waals surface area contributed by atoms with E-state index in [4.69, 9.17) is 4.74 Å². The van der Waals surface area contributed by atoms with E-state index in [1.165, 1.54) is 42.7 Å². The van der Waals surface area contributed by atoms with Gasteiger partial charge in [-0.05, 0) is 35.4 Å². The van der Waals surface area contributed by atoms with Crippen LogP contribution in [0.25, 0.3) is 0 Å². The predicted octanol–water partition coefficient (Wildman–Crippen LogP) is 2.71. The zero-order valence-electron chi connectivity index (χ0n) is 15.1. The number of carbonyl (C=O) groups excluding carboxylic acids is 2. The van der Waals surface area contributed by atoms with Crippen molar-refractivity contribution in [2.24, 2.45) is 0 Å². The zero-order valence-corrected chi connectivity index (χ0v) is 15.1. The van der Waals surface area contributed by atoms with Gasteiger partial charge in [-0.3, -0.25) is 4.79 Å². The van der Waals surface area contributed by atoms with Crippen LogP contribution in [-0.2, 0) is 11.2 Å². The molecule has 2 N–H and O–H groups in total. The van der Waals surface area contributed by atoms with E-state index >= 15 is 0 Å². The molecule has 0 aliphatic carbocycles. The number of amides is 2. The molecule has 3 aromatic rings. The van der Waals surface area contributed by atoms with E-state index in [0.29, 0.717) is 12.0 Å². The summed E-state index contributed by atoms with van der Waals surface area (Å²) in [6.45, 7) is -0.161. The van der Waals surface area contributed by atoms with Gasteiger partial charge in [-0.15, -0.1) is 0 Å². The number of hydrogen-bond acceptors (Lipinski definition) is 4. The number of para-hydroxylation sites is 1. The highest BCUT2D eigenvalue weighted by Gasteiger charge is 2.28. The lowest BCUT2D eigenvalue weighted by atomic mass is 10.1. The summed E-state index contributed by atoms with van der Waals surface area (Å²) < 4.78 is 33.6. The molecule has 0 saturated heterocycles. The van der Waals surface area contributed by atoms with Crippen molar-refractivity contribution in [3.63, 3.8) is 0 Å². The molecule has 148 valence electrons. The average Bonchev–Trinajstić information content (AvgIpc) is 3.09. The fourth-order valence-corrected chi connectivity index (χ4v) is 2.97. The van der Waals surface area contributed by atoms with Gasteiger partial charge in [0.1, 0.15) is 29.9 Å². The van der Waals surface area contributed by atoms with Crippen LogP contribution in [0.3, 0.4) is 0 Å². The van der Waals surface area contributed by atoms with Crippen LogP contribution in [-0.4, -0.2) is 34.4 Å². The highest BCUT2D eigenvalue weighted by molar-refractivity contribution is 5.99. The minimum Gasteiger partial charge on any atom is -0.489 e. The van der Waals surface area contributed by atoms with E-state index in [2.05, 4.69) is 15.7 Å². The van der Waals surface area contributed by atoms with Crippen LogP contribution in [0.1, 0.15) is 11.1 Å². The fourth-order valence-electron chi connectivity index (χ4n) is 2.97. The van der Waals surface area contributed by atoms with E-state index in [-0.39, 0.29) is 23.9 Å². The lowest BCUT2D eigenvalue weighted by Crippen LogP contribution is -2.48. The Bertz CT molecular complexity index is 1080. The molecular formula is C20H16F2N4O3. The summed E-state index contributed by atoms with van der Waals surface area (Å²) in [7, 11) is 0. The highest BCUT2D eigenvalue weighted by atomic mass is 19.1. The molecule has 1 unspecified atom stereocenters. The molecule has 29 heavy (non-hydrogen) atoms. The Morgan fingerprint density at radius 1 is 1.24 bits per heavy atom. The molecule has 0 fully saturated rings. The molecule has 1 atom stereocenters. The van der Waals surface area contributed by atoms with Gasteiger partial charge in [-0.25, -0.2) is 13.6 Å². The molecule has 1 aliphatic heterocycles. The van der Waals surface area contributed by atoms with E-state index in [1.54, 1.807) is 12.1 Å². The maximum atomic E-state index is 13.9. The second kappa shape index (κ2) is 7.70. The number of nitrogens with one attached hydrogen (secondary N) is 2. The summed E-state index contributed by atoms with van der Waals surface area (Å²) in [4.78, 5) is 24.8. The van der Waals surface area contributed by atoms with E-state index in [0.717, 1.165) is 10.2 Å². The van der Waals surface area contributed by atoms with Gasteiger partial charge in [0.2, 0.25) is 0 Å². The number of aromatic nitrogens is 2. The zero-order chi connectivity index (χ0) is 20.4. The van der Waals surface area contributed by atoms with Crippen LogP contribution in [0.2, 0.25) is 0 Å². The standard InChI is InChI=1S/C20H16F2N4O3/c21-14-4-1-3-12(8-14)7-13-9-23-26(10-13)20(28)24-16-11-29-17-6-2-5-15(22)18(17)25-19(16)27/h1-6,8-10,16H,7,11H2,(H,24,28)(H,25,27). The van der Waals surface area contributed by atoms with Crippen LogP contribution in [0, 0.1) is 11.6 Å². The molecule has 0 saturated carbocycles. The predicted molar refractivity (Wildman–Crippen MR) is 99.7 cm³/mol. The lowest BCUT2D eigenvalue weighted by Gasteiger charge is -2.14. The van der Waals surface area contributed by atoms with Crippen molar-refractivity contribution in [2.45, 2.75) is 12.5 Å². The van der Waals surface area contributed by atoms with Crippen LogP contribution in [0.4, 0.5) is 19.3 Å². The van der Waals surface area contributed by atoms with Crippen molar-refractivity contribution < 1.29 is 23.1 Å². The number of halogens is 2. The smallest absolute Gasteiger partial charge is 0.342 e. The monoisotopic (exact) mass is 398 g/mol. The first kappa shape index (κ1) is 18.6. The topological polar surface area (TPSA) is 85.3 Å². The number of anilines is 1. The summed E-state index contributed by atoms with van der Waals surface area (Å²) in [5.74, 6) is -1.39. The molecule has 0 radical (unpaired) electrons. The van der Waals surface area contributed by atoms with Crippen molar-refractivity contribution in [1.29, 1.82) is 0 Å². The first-order valence-electron chi connectivity index (χ1n) is 8.80. The number of benzene rings is 2. The number of rotatable bonds is 3. The second-order valence-corrected chi connectivity index (χ2v) is 6.52. The van der Waals surface area contributed by atoms with Gasteiger partial charge >= 0.3 is 6.03 Å². The van der Waals surface area contributed by atoms with Crippen LogP contribution in [0.5, 0.6) is 5.75 Å². The second-order valence-electron chi connectivity index (χ2n) is 6.52. The quantitative estimate of drug-likeness (QED) is 0.711. The number of nitrogens with zero attached hydrogens (tertiary/aromatic N) is 2. The normalized spacial score (nSPS) is 15.7. The first-order chi connectivity index (χ1) is 14.0. The largest absolute Gasteiger partial charge is 0.489 e. The lowest BCUT2D eigenvalue weighted by molar-refractivity contribution is -0.118. The summed E-state index contributed by atoms with van der Waals surface area (Å²) >= 11 is 0. The minimum atomic E-state index is -1.04. The van der Waals surface area contributed by atoms with E-state index in [9.17, 15) is 18.4 Å². The molecule has 1 aromatic heterocycles. The Kier molecular flexibility index (Phi) is 4.94. The molecule has 0 bridgehead atoms. The van der Waals surface area contributed by atoms with Crippen molar-refractivity contribution in [3.8, 4) is 5.75 Å². The molecule has 9 heteroatoms. The van der Waals surface area contributed by atoms with Gasteiger partial charge in [-0.1, -0.05) is 18.2 Å². The Hall–Kier alpha value is -3.75.